The number of fused-ring (bicyclic) bond motifs is 2. The van der Waals surface area contributed by atoms with Gasteiger partial charge in [-0.2, -0.15) is 0 Å². The first-order chi connectivity index (χ1) is 12.7. The molecule has 0 aliphatic heterocycles. The first-order valence-electron chi connectivity index (χ1n) is 9.45. The fourth-order valence-electron chi connectivity index (χ4n) is 4.17. The molecule has 2 aliphatic rings. The van der Waals surface area contributed by atoms with E-state index in [0.717, 1.165) is 25.7 Å². The molecule has 4 heteroatoms. The fourth-order valence-corrected chi connectivity index (χ4v) is 4.17. The zero-order valence-electron chi connectivity index (χ0n) is 14.8. The summed E-state index contributed by atoms with van der Waals surface area (Å²) in [6.07, 6.45) is 4.36. The smallest absolute Gasteiger partial charge is 0.220 e. The van der Waals surface area contributed by atoms with Crippen LogP contribution in [0.2, 0.25) is 0 Å². The lowest BCUT2D eigenvalue weighted by Crippen LogP contribution is -2.31. The SMILES string of the molecule is O=C(CCC(=O)N[C@@H]1CCc2ccccc21)N[C@@H]1CCc2ccccc21. The van der Waals surface area contributed by atoms with Crippen molar-refractivity contribution in [1.29, 1.82) is 0 Å². The average molecular weight is 348 g/mol. The third-order valence-electron chi connectivity index (χ3n) is 5.52. The van der Waals surface area contributed by atoms with E-state index in [1.54, 1.807) is 0 Å². The van der Waals surface area contributed by atoms with Gasteiger partial charge in [-0.3, -0.25) is 9.59 Å². The normalized spacial score (nSPS) is 20.3. The van der Waals surface area contributed by atoms with Crippen molar-refractivity contribution in [2.45, 2.75) is 50.6 Å². The number of nitrogens with one attached hydrogen (secondary N) is 2. The Morgan fingerprint density at radius 3 is 1.62 bits per heavy atom. The maximum absolute atomic E-state index is 12.3. The Hall–Kier alpha value is -2.62. The highest BCUT2D eigenvalue weighted by Crippen LogP contribution is 2.31. The maximum atomic E-state index is 12.3. The van der Waals surface area contributed by atoms with Gasteiger partial charge < -0.3 is 10.6 Å². The van der Waals surface area contributed by atoms with E-state index in [4.69, 9.17) is 0 Å². The van der Waals surface area contributed by atoms with E-state index in [9.17, 15) is 9.59 Å². The molecule has 26 heavy (non-hydrogen) atoms. The van der Waals surface area contributed by atoms with Crippen LogP contribution in [0.3, 0.4) is 0 Å². The molecule has 0 unspecified atom stereocenters. The van der Waals surface area contributed by atoms with Gasteiger partial charge in [0.1, 0.15) is 0 Å². The second-order valence-electron chi connectivity index (χ2n) is 7.22. The van der Waals surface area contributed by atoms with Gasteiger partial charge >= 0.3 is 0 Å². The van der Waals surface area contributed by atoms with Crippen LogP contribution in [0, 0.1) is 0 Å². The number of carbonyl (C=O) groups excluding carboxylic acids is 2. The fraction of sp³-hybridized carbons (Fsp3) is 0.364. The van der Waals surface area contributed by atoms with Crippen LogP contribution in [0.4, 0.5) is 0 Å². The topological polar surface area (TPSA) is 58.2 Å². The molecule has 4 rings (SSSR count). The van der Waals surface area contributed by atoms with Gasteiger partial charge in [0.2, 0.25) is 11.8 Å². The number of amides is 2. The highest BCUT2D eigenvalue weighted by Gasteiger charge is 2.25. The summed E-state index contributed by atoms with van der Waals surface area (Å²) in [5.74, 6) is -0.0950. The second kappa shape index (κ2) is 7.32. The molecule has 2 amide bonds. The first-order valence-corrected chi connectivity index (χ1v) is 9.45. The van der Waals surface area contributed by atoms with Gasteiger partial charge in [0.25, 0.3) is 0 Å². The molecule has 2 aromatic carbocycles. The Kier molecular flexibility index (Phi) is 4.74. The standard InChI is InChI=1S/C22H24N2O2/c25-21(23-19-11-9-15-5-1-3-7-17(15)19)13-14-22(26)24-20-12-10-16-6-2-4-8-18(16)20/h1-8,19-20H,9-14H2,(H,23,25)(H,24,26)/t19-,20-/m1/s1. The third kappa shape index (κ3) is 3.50. The Balaban J connectivity index is 1.26. The molecule has 2 aliphatic carbocycles. The predicted octanol–water partition coefficient (Wildman–Crippen LogP) is 3.37. The summed E-state index contributed by atoms with van der Waals surface area (Å²) in [6, 6.07) is 16.7. The van der Waals surface area contributed by atoms with E-state index in [1.807, 2.05) is 24.3 Å². The largest absolute Gasteiger partial charge is 0.349 e. The number of carbonyl (C=O) groups is 2. The van der Waals surface area contributed by atoms with Crippen molar-refractivity contribution in [3.63, 3.8) is 0 Å². The lowest BCUT2D eigenvalue weighted by atomic mass is 10.1. The van der Waals surface area contributed by atoms with Gasteiger partial charge in [0.15, 0.2) is 0 Å². The molecule has 0 fully saturated rings. The van der Waals surface area contributed by atoms with Crippen LogP contribution < -0.4 is 10.6 Å². The lowest BCUT2D eigenvalue weighted by Gasteiger charge is -2.16. The van der Waals surface area contributed by atoms with E-state index in [2.05, 4.69) is 34.9 Å². The van der Waals surface area contributed by atoms with Crippen molar-refractivity contribution in [3.8, 4) is 0 Å². The van der Waals surface area contributed by atoms with E-state index in [-0.39, 0.29) is 36.7 Å². The van der Waals surface area contributed by atoms with E-state index < -0.39 is 0 Å². The summed E-state index contributed by atoms with van der Waals surface area (Å²) in [6.45, 7) is 0. The van der Waals surface area contributed by atoms with Crippen molar-refractivity contribution in [1.82, 2.24) is 10.6 Å². The third-order valence-corrected chi connectivity index (χ3v) is 5.52. The second-order valence-corrected chi connectivity index (χ2v) is 7.22. The minimum atomic E-state index is -0.0475. The number of hydrogen-bond donors (Lipinski definition) is 2. The molecule has 0 aromatic heterocycles. The zero-order valence-corrected chi connectivity index (χ0v) is 14.8. The van der Waals surface area contributed by atoms with E-state index in [1.165, 1.54) is 22.3 Å². The first kappa shape index (κ1) is 16.8. The molecular formula is C22H24N2O2. The monoisotopic (exact) mass is 348 g/mol. The summed E-state index contributed by atoms with van der Waals surface area (Å²) in [5.41, 5.74) is 5.06. The predicted molar refractivity (Wildman–Crippen MR) is 101 cm³/mol. The molecule has 2 N–H and O–H groups in total. The average Bonchev–Trinajstić information content (AvgIpc) is 3.25. The number of benzene rings is 2. The van der Waals surface area contributed by atoms with Crippen molar-refractivity contribution in [2.75, 3.05) is 0 Å². The molecule has 4 nitrogen and oxygen atoms in total. The Bertz CT molecular complexity index is 761. The highest BCUT2D eigenvalue weighted by molar-refractivity contribution is 5.84. The minimum Gasteiger partial charge on any atom is -0.349 e. The molecule has 0 radical (unpaired) electrons. The molecule has 2 aromatic rings. The number of rotatable bonds is 5. The van der Waals surface area contributed by atoms with Crippen LogP contribution in [-0.2, 0) is 22.4 Å². The van der Waals surface area contributed by atoms with Crippen molar-refractivity contribution >= 4 is 11.8 Å². The number of hydrogen-bond acceptors (Lipinski definition) is 2. The molecular weight excluding hydrogens is 324 g/mol. The molecule has 0 bridgehead atoms. The number of aryl methyl sites for hydroxylation is 2. The molecule has 134 valence electrons. The van der Waals surface area contributed by atoms with Crippen LogP contribution in [0.1, 0.15) is 60.0 Å². The van der Waals surface area contributed by atoms with Gasteiger partial charge in [0.05, 0.1) is 12.1 Å². The summed E-state index contributed by atoms with van der Waals surface area (Å²) >= 11 is 0. The van der Waals surface area contributed by atoms with Crippen LogP contribution in [0.5, 0.6) is 0 Å². The Morgan fingerprint density at radius 2 is 1.15 bits per heavy atom. The van der Waals surface area contributed by atoms with Crippen LogP contribution in [0.15, 0.2) is 48.5 Å². The van der Waals surface area contributed by atoms with Gasteiger partial charge in [0, 0.05) is 12.8 Å². The zero-order chi connectivity index (χ0) is 17.9. The van der Waals surface area contributed by atoms with Crippen molar-refractivity contribution in [2.24, 2.45) is 0 Å². The summed E-state index contributed by atoms with van der Waals surface area (Å²) in [5, 5.41) is 6.16. The maximum Gasteiger partial charge on any atom is 0.220 e. The summed E-state index contributed by atoms with van der Waals surface area (Å²) < 4.78 is 0. The van der Waals surface area contributed by atoms with Crippen LogP contribution in [-0.4, -0.2) is 11.8 Å². The van der Waals surface area contributed by atoms with Gasteiger partial charge in [-0.15, -0.1) is 0 Å². The van der Waals surface area contributed by atoms with E-state index >= 15 is 0 Å². The molecule has 0 heterocycles. The lowest BCUT2D eigenvalue weighted by molar-refractivity contribution is -0.127. The molecule has 0 spiro atoms. The summed E-state index contributed by atoms with van der Waals surface area (Å²) in [4.78, 5) is 24.5. The van der Waals surface area contributed by atoms with Gasteiger partial charge in [-0.05, 0) is 47.9 Å². The van der Waals surface area contributed by atoms with E-state index in [0.29, 0.717) is 0 Å². The van der Waals surface area contributed by atoms with Crippen molar-refractivity contribution in [3.05, 3.63) is 70.8 Å². The molecule has 0 saturated heterocycles. The Labute approximate surface area is 154 Å². The van der Waals surface area contributed by atoms with Gasteiger partial charge in [-0.25, -0.2) is 0 Å². The quantitative estimate of drug-likeness (QED) is 0.870. The Morgan fingerprint density at radius 1 is 0.731 bits per heavy atom. The van der Waals surface area contributed by atoms with Crippen LogP contribution >= 0.6 is 0 Å². The molecule has 2 atom stereocenters. The van der Waals surface area contributed by atoms with Crippen molar-refractivity contribution < 1.29 is 9.59 Å². The van der Waals surface area contributed by atoms with Crippen LogP contribution in [0.25, 0.3) is 0 Å². The summed E-state index contributed by atoms with van der Waals surface area (Å²) in [7, 11) is 0. The highest BCUT2D eigenvalue weighted by atomic mass is 16.2. The minimum absolute atomic E-state index is 0.0475. The molecule has 0 saturated carbocycles. The van der Waals surface area contributed by atoms with Gasteiger partial charge in [-0.1, -0.05) is 48.5 Å².